The molecule has 0 spiro atoms. The van der Waals surface area contributed by atoms with Crippen molar-refractivity contribution in [2.24, 2.45) is 0 Å². The first-order chi connectivity index (χ1) is 6.80. The third kappa shape index (κ3) is 3.13. The monoisotopic (exact) mass is 219 g/mol. The summed E-state index contributed by atoms with van der Waals surface area (Å²) in [7, 11) is 3.60. The number of phenolic OH excluding ortho intramolecular Hbond substituents is 1. The first kappa shape index (κ1) is 11.8. The molecule has 0 unspecified atom stereocenters. The number of hydrogen-bond acceptors (Lipinski definition) is 2. The fourth-order valence-corrected chi connectivity index (χ4v) is 1.28. The van der Waals surface area contributed by atoms with E-state index < -0.39 is 17.5 Å². The molecule has 0 bridgehead atoms. The molecule has 0 heterocycles. The van der Waals surface area contributed by atoms with Crippen LogP contribution in [-0.2, 0) is 12.7 Å². The van der Waals surface area contributed by atoms with E-state index in [9.17, 15) is 18.3 Å². The Balaban J connectivity index is 2.99. The maximum absolute atomic E-state index is 12.3. The predicted octanol–water partition coefficient (Wildman–Crippen LogP) is 2.47. The van der Waals surface area contributed by atoms with Crippen molar-refractivity contribution < 1.29 is 18.3 Å². The zero-order valence-electron chi connectivity index (χ0n) is 8.47. The molecule has 0 aliphatic carbocycles. The van der Waals surface area contributed by atoms with Gasteiger partial charge in [0.1, 0.15) is 5.75 Å². The minimum absolute atomic E-state index is 0.492. The second-order valence-electron chi connectivity index (χ2n) is 3.59. The summed E-state index contributed by atoms with van der Waals surface area (Å²) in [5, 5.41) is 9.20. The number of phenols is 1. The van der Waals surface area contributed by atoms with E-state index in [0.717, 1.165) is 12.1 Å². The van der Waals surface area contributed by atoms with E-state index in [4.69, 9.17) is 0 Å². The number of halogens is 3. The highest BCUT2D eigenvalue weighted by molar-refractivity contribution is 5.38. The number of aromatic hydroxyl groups is 1. The first-order valence-electron chi connectivity index (χ1n) is 4.34. The Hall–Kier alpha value is -1.23. The van der Waals surface area contributed by atoms with Crippen molar-refractivity contribution in [1.29, 1.82) is 0 Å². The molecule has 0 aromatic heterocycles. The third-order valence-corrected chi connectivity index (χ3v) is 1.87. The number of nitrogens with zero attached hydrogens (tertiary/aromatic N) is 1. The molecule has 1 rings (SSSR count). The summed E-state index contributed by atoms with van der Waals surface area (Å²) in [5.41, 5.74) is -0.351. The van der Waals surface area contributed by atoms with E-state index in [1.165, 1.54) is 6.07 Å². The quantitative estimate of drug-likeness (QED) is 0.825. The van der Waals surface area contributed by atoms with E-state index in [1.54, 1.807) is 14.1 Å². The van der Waals surface area contributed by atoms with E-state index in [-0.39, 0.29) is 0 Å². The van der Waals surface area contributed by atoms with Gasteiger partial charge in [0.2, 0.25) is 0 Å². The summed E-state index contributed by atoms with van der Waals surface area (Å²) in [4.78, 5) is 1.81. The standard InChI is InChI=1S/C10H12F3NO/c1-14(2)6-7-3-4-8(9(15)5-7)10(11,12)13/h3-5,15H,6H2,1-2H3. The van der Waals surface area contributed by atoms with E-state index >= 15 is 0 Å². The lowest BCUT2D eigenvalue weighted by atomic mass is 10.1. The minimum Gasteiger partial charge on any atom is -0.507 e. The van der Waals surface area contributed by atoms with Crippen LogP contribution in [0.4, 0.5) is 13.2 Å². The Bertz CT molecular complexity index is 347. The molecule has 1 N–H and O–H groups in total. The zero-order valence-corrected chi connectivity index (χ0v) is 8.47. The summed E-state index contributed by atoms with van der Waals surface area (Å²) in [6.07, 6.45) is -4.50. The normalized spacial score (nSPS) is 12.1. The molecule has 0 saturated carbocycles. The molecule has 1 aromatic carbocycles. The lowest BCUT2D eigenvalue weighted by Gasteiger charge is -2.13. The highest BCUT2D eigenvalue weighted by atomic mass is 19.4. The average molecular weight is 219 g/mol. The van der Waals surface area contributed by atoms with Gasteiger partial charge in [-0.05, 0) is 31.8 Å². The van der Waals surface area contributed by atoms with Crippen LogP contribution in [0.3, 0.4) is 0 Å². The molecule has 0 radical (unpaired) electrons. The maximum atomic E-state index is 12.3. The van der Waals surface area contributed by atoms with E-state index in [1.807, 2.05) is 4.90 Å². The summed E-state index contributed by atoms with van der Waals surface area (Å²) in [6, 6.07) is 3.40. The SMILES string of the molecule is CN(C)Cc1ccc(C(F)(F)F)c(O)c1. The van der Waals surface area contributed by atoms with Crippen molar-refractivity contribution >= 4 is 0 Å². The molecule has 1 aromatic rings. The van der Waals surface area contributed by atoms with Gasteiger partial charge in [0, 0.05) is 6.54 Å². The Kier molecular flexibility index (Phi) is 3.24. The molecule has 0 aliphatic rings. The molecule has 15 heavy (non-hydrogen) atoms. The zero-order chi connectivity index (χ0) is 11.6. The number of hydrogen-bond donors (Lipinski definition) is 1. The van der Waals surface area contributed by atoms with Crippen LogP contribution in [-0.4, -0.2) is 24.1 Å². The van der Waals surface area contributed by atoms with Crippen LogP contribution >= 0.6 is 0 Å². The second-order valence-corrected chi connectivity index (χ2v) is 3.59. The number of alkyl halides is 3. The van der Waals surface area contributed by atoms with E-state index in [0.29, 0.717) is 12.1 Å². The van der Waals surface area contributed by atoms with Gasteiger partial charge in [0.25, 0.3) is 0 Å². The molecule has 84 valence electrons. The van der Waals surface area contributed by atoms with Crippen LogP contribution in [0.2, 0.25) is 0 Å². The molecule has 5 heteroatoms. The number of rotatable bonds is 2. The van der Waals surface area contributed by atoms with Gasteiger partial charge in [-0.1, -0.05) is 6.07 Å². The smallest absolute Gasteiger partial charge is 0.419 e. The van der Waals surface area contributed by atoms with Gasteiger partial charge in [-0.2, -0.15) is 13.2 Å². The predicted molar refractivity (Wildman–Crippen MR) is 50.5 cm³/mol. The first-order valence-corrected chi connectivity index (χ1v) is 4.34. The van der Waals surface area contributed by atoms with Gasteiger partial charge in [0.15, 0.2) is 0 Å². The van der Waals surface area contributed by atoms with Crippen LogP contribution in [0.15, 0.2) is 18.2 Å². The molecule has 0 fully saturated rings. The van der Waals surface area contributed by atoms with Crippen LogP contribution in [0.25, 0.3) is 0 Å². The topological polar surface area (TPSA) is 23.5 Å². The maximum Gasteiger partial charge on any atom is 0.419 e. The summed E-state index contributed by atoms with van der Waals surface area (Å²) in [6.45, 7) is 0.492. The Morgan fingerprint density at radius 3 is 2.27 bits per heavy atom. The fourth-order valence-electron chi connectivity index (χ4n) is 1.28. The van der Waals surface area contributed by atoms with Gasteiger partial charge in [-0.15, -0.1) is 0 Å². The van der Waals surface area contributed by atoms with Crippen molar-refractivity contribution in [2.45, 2.75) is 12.7 Å². The van der Waals surface area contributed by atoms with Gasteiger partial charge in [-0.25, -0.2) is 0 Å². The lowest BCUT2D eigenvalue weighted by Crippen LogP contribution is -2.11. The molecule has 0 atom stereocenters. The van der Waals surface area contributed by atoms with Crippen molar-refractivity contribution in [3.63, 3.8) is 0 Å². The van der Waals surface area contributed by atoms with Crippen LogP contribution < -0.4 is 0 Å². The average Bonchev–Trinajstić information content (AvgIpc) is 1.99. The highest BCUT2D eigenvalue weighted by Crippen LogP contribution is 2.35. The highest BCUT2D eigenvalue weighted by Gasteiger charge is 2.33. The minimum atomic E-state index is -4.50. The Morgan fingerprint density at radius 2 is 1.87 bits per heavy atom. The molecule has 0 amide bonds. The molecular weight excluding hydrogens is 207 g/mol. The molecule has 0 saturated heterocycles. The van der Waals surface area contributed by atoms with Crippen molar-refractivity contribution in [3.8, 4) is 5.75 Å². The van der Waals surface area contributed by atoms with Crippen molar-refractivity contribution in [3.05, 3.63) is 29.3 Å². The van der Waals surface area contributed by atoms with Crippen molar-refractivity contribution in [1.82, 2.24) is 4.90 Å². The summed E-state index contributed by atoms with van der Waals surface area (Å²) < 4.78 is 36.8. The van der Waals surface area contributed by atoms with Gasteiger partial charge in [0.05, 0.1) is 5.56 Å². The fraction of sp³-hybridized carbons (Fsp3) is 0.400. The largest absolute Gasteiger partial charge is 0.507 e. The Labute approximate surface area is 85.9 Å². The van der Waals surface area contributed by atoms with Crippen LogP contribution in [0.1, 0.15) is 11.1 Å². The molecule has 2 nitrogen and oxygen atoms in total. The molecule has 0 aliphatic heterocycles. The van der Waals surface area contributed by atoms with Crippen LogP contribution in [0, 0.1) is 0 Å². The summed E-state index contributed by atoms with van der Waals surface area (Å²) >= 11 is 0. The Morgan fingerprint density at radius 1 is 1.27 bits per heavy atom. The molecular formula is C10H12F3NO. The van der Waals surface area contributed by atoms with Crippen LogP contribution in [0.5, 0.6) is 5.75 Å². The lowest BCUT2D eigenvalue weighted by molar-refractivity contribution is -0.138. The third-order valence-electron chi connectivity index (χ3n) is 1.87. The van der Waals surface area contributed by atoms with Gasteiger partial charge >= 0.3 is 6.18 Å². The van der Waals surface area contributed by atoms with Gasteiger partial charge in [-0.3, -0.25) is 0 Å². The van der Waals surface area contributed by atoms with E-state index in [2.05, 4.69) is 0 Å². The second kappa shape index (κ2) is 4.10. The van der Waals surface area contributed by atoms with Crippen molar-refractivity contribution in [2.75, 3.05) is 14.1 Å². The summed E-state index contributed by atoms with van der Waals surface area (Å²) in [5.74, 6) is -0.721. The number of benzene rings is 1. The van der Waals surface area contributed by atoms with Gasteiger partial charge < -0.3 is 10.0 Å².